The number of rotatable bonds is 4. The molecule has 5 heteroatoms. The van der Waals surface area contributed by atoms with E-state index in [4.69, 9.17) is 0 Å². The van der Waals surface area contributed by atoms with Gasteiger partial charge in [0.25, 0.3) is 0 Å². The Morgan fingerprint density at radius 3 is 2.65 bits per heavy atom. The highest BCUT2D eigenvalue weighted by atomic mass is 32.2. The summed E-state index contributed by atoms with van der Waals surface area (Å²) in [4.78, 5) is 7.94. The fourth-order valence-corrected chi connectivity index (χ4v) is 6.24. The third kappa shape index (κ3) is 2.84. The van der Waals surface area contributed by atoms with Crippen molar-refractivity contribution in [1.29, 1.82) is 0 Å². The summed E-state index contributed by atoms with van der Waals surface area (Å²) in [6.07, 6.45) is 8.41. The summed E-state index contributed by atoms with van der Waals surface area (Å²) in [5, 5.41) is 8.05. The Kier molecular flexibility index (Phi) is 4.40. The molecular weight excluding hydrogens is 400 g/mol. The van der Waals surface area contributed by atoms with Gasteiger partial charge in [0.05, 0.1) is 18.4 Å². The van der Waals surface area contributed by atoms with Crippen LogP contribution in [0.25, 0.3) is 0 Å². The minimum atomic E-state index is -0.270. The average molecular weight is 425 g/mol. The molecule has 2 N–H and O–H groups in total. The van der Waals surface area contributed by atoms with Gasteiger partial charge in [0.2, 0.25) is 0 Å². The average Bonchev–Trinajstić information content (AvgIpc) is 3.39. The highest BCUT2D eigenvalue weighted by Gasteiger charge is 2.56. The molecule has 0 radical (unpaired) electrons. The molecule has 154 valence electrons. The summed E-state index contributed by atoms with van der Waals surface area (Å²) in [6, 6.07) is 23.8. The van der Waals surface area contributed by atoms with Crippen molar-refractivity contribution in [3.63, 3.8) is 0 Å². The molecule has 1 fully saturated rings. The molecule has 1 aliphatic carbocycles. The molecule has 0 saturated carbocycles. The molecule has 2 aliphatic heterocycles. The van der Waals surface area contributed by atoms with Gasteiger partial charge in [0.15, 0.2) is 0 Å². The second kappa shape index (κ2) is 7.29. The lowest BCUT2D eigenvalue weighted by Gasteiger charge is -2.38. The number of nitrogens with zero attached hydrogens (tertiary/aromatic N) is 2. The van der Waals surface area contributed by atoms with E-state index in [-0.39, 0.29) is 11.6 Å². The Morgan fingerprint density at radius 1 is 1.03 bits per heavy atom. The van der Waals surface area contributed by atoms with Crippen LogP contribution in [0, 0.1) is 0 Å². The van der Waals surface area contributed by atoms with Gasteiger partial charge in [0, 0.05) is 39.5 Å². The van der Waals surface area contributed by atoms with Crippen molar-refractivity contribution in [3.8, 4) is 0 Å². The van der Waals surface area contributed by atoms with E-state index in [1.165, 1.54) is 33.1 Å². The highest BCUT2D eigenvalue weighted by molar-refractivity contribution is 8.03. The number of thioether (sulfide) groups is 1. The molecule has 2 aromatic carbocycles. The van der Waals surface area contributed by atoms with Crippen LogP contribution in [-0.4, -0.2) is 17.7 Å². The van der Waals surface area contributed by atoms with E-state index in [1.807, 2.05) is 24.2 Å². The van der Waals surface area contributed by atoms with E-state index in [0.29, 0.717) is 5.25 Å². The van der Waals surface area contributed by atoms with Crippen LogP contribution in [0.1, 0.15) is 23.3 Å². The zero-order chi connectivity index (χ0) is 20.8. The van der Waals surface area contributed by atoms with Crippen molar-refractivity contribution in [2.75, 3.05) is 16.9 Å². The van der Waals surface area contributed by atoms with Gasteiger partial charge in [-0.1, -0.05) is 54.6 Å². The van der Waals surface area contributed by atoms with E-state index in [0.717, 1.165) is 6.67 Å². The largest absolute Gasteiger partial charge is 0.356 e. The number of anilines is 2. The van der Waals surface area contributed by atoms with Crippen LogP contribution in [0.3, 0.4) is 0 Å². The molecule has 31 heavy (non-hydrogen) atoms. The standard InChI is InChI=1S/C26H24N4S/c1-18(19-7-3-2-4-8-19)31-23-11-12-24-26(21-9-5-6-10-22(21)29-25(23)26)28-17-30(24)20-13-15-27-16-14-20/h2-16,18,24,28-29H,17H2,1H3. The number of nitrogens with one attached hydrogen (secondary N) is 2. The second-order valence-corrected chi connectivity index (χ2v) is 9.59. The summed E-state index contributed by atoms with van der Waals surface area (Å²) in [7, 11) is 0. The number of benzene rings is 2. The number of hydrogen-bond donors (Lipinski definition) is 2. The van der Waals surface area contributed by atoms with Crippen LogP contribution in [0.5, 0.6) is 0 Å². The molecule has 3 aromatic rings. The zero-order valence-electron chi connectivity index (χ0n) is 17.3. The molecule has 3 unspecified atom stereocenters. The summed E-state index contributed by atoms with van der Waals surface area (Å²) in [5.74, 6) is 0. The van der Waals surface area contributed by atoms with Crippen molar-refractivity contribution in [2.45, 2.75) is 23.8 Å². The molecule has 0 bridgehead atoms. The maximum absolute atomic E-state index is 4.20. The lowest BCUT2D eigenvalue weighted by Crippen LogP contribution is -2.48. The van der Waals surface area contributed by atoms with Gasteiger partial charge < -0.3 is 10.2 Å². The minimum absolute atomic E-state index is 0.192. The quantitative estimate of drug-likeness (QED) is 0.586. The lowest BCUT2D eigenvalue weighted by atomic mass is 9.80. The maximum Gasteiger partial charge on any atom is 0.113 e. The number of hydrogen-bond acceptors (Lipinski definition) is 5. The van der Waals surface area contributed by atoms with Gasteiger partial charge >= 0.3 is 0 Å². The summed E-state index contributed by atoms with van der Waals surface area (Å²) in [6.45, 7) is 3.07. The van der Waals surface area contributed by atoms with Crippen molar-refractivity contribution in [1.82, 2.24) is 10.3 Å². The molecule has 6 rings (SSSR count). The minimum Gasteiger partial charge on any atom is -0.356 e. The van der Waals surface area contributed by atoms with E-state index in [1.54, 1.807) is 0 Å². The normalized spacial score (nSPS) is 24.4. The predicted octanol–water partition coefficient (Wildman–Crippen LogP) is 5.41. The third-order valence-electron chi connectivity index (χ3n) is 6.56. The Labute approximate surface area is 187 Å². The zero-order valence-corrected chi connectivity index (χ0v) is 18.1. The lowest BCUT2D eigenvalue weighted by molar-refractivity contribution is 0.460. The summed E-state index contributed by atoms with van der Waals surface area (Å²) >= 11 is 1.92. The van der Waals surface area contributed by atoms with E-state index in [9.17, 15) is 0 Å². The number of aromatic nitrogens is 1. The monoisotopic (exact) mass is 424 g/mol. The SMILES string of the molecule is CC(SC1=C2Nc3ccccc3C23NCN(c2ccncc2)C3C=C1)c1ccccc1. The van der Waals surface area contributed by atoms with Gasteiger partial charge in [0.1, 0.15) is 5.54 Å². The first-order chi connectivity index (χ1) is 15.3. The Morgan fingerprint density at radius 2 is 1.81 bits per heavy atom. The van der Waals surface area contributed by atoms with Gasteiger partial charge in [-0.05, 0) is 36.8 Å². The third-order valence-corrected chi connectivity index (χ3v) is 7.78. The maximum atomic E-state index is 4.20. The number of allylic oxidation sites excluding steroid dienone is 1. The summed E-state index contributed by atoms with van der Waals surface area (Å²) in [5.41, 5.74) is 6.05. The molecule has 0 amide bonds. The predicted molar refractivity (Wildman–Crippen MR) is 129 cm³/mol. The van der Waals surface area contributed by atoms with E-state index in [2.05, 4.69) is 106 Å². The Bertz CT molecular complexity index is 1170. The smallest absolute Gasteiger partial charge is 0.113 e. The van der Waals surface area contributed by atoms with Crippen LogP contribution in [0.15, 0.2) is 102 Å². The number of fused-ring (bicyclic) bond motifs is 1. The van der Waals surface area contributed by atoms with Crippen molar-refractivity contribution >= 4 is 23.1 Å². The van der Waals surface area contributed by atoms with Crippen LogP contribution in [-0.2, 0) is 5.54 Å². The van der Waals surface area contributed by atoms with Gasteiger partial charge in [-0.2, -0.15) is 0 Å². The van der Waals surface area contributed by atoms with Crippen molar-refractivity contribution < 1.29 is 0 Å². The number of para-hydroxylation sites is 1. The second-order valence-electron chi connectivity index (χ2n) is 8.20. The summed E-state index contributed by atoms with van der Waals surface area (Å²) < 4.78 is 0. The Hall–Kier alpha value is -3.02. The first kappa shape index (κ1) is 18.7. The highest BCUT2D eigenvalue weighted by Crippen LogP contribution is 2.54. The van der Waals surface area contributed by atoms with E-state index < -0.39 is 0 Å². The van der Waals surface area contributed by atoms with Crippen LogP contribution in [0.2, 0.25) is 0 Å². The fraction of sp³-hybridized carbons (Fsp3) is 0.192. The van der Waals surface area contributed by atoms with Crippen molar-refractivity contribution in [2.24, 2.45) is 0 Å². The molecule has 1 aromatic heterocycles. The van der Waals surface area contributed by atoms with Gasteiger partial charge in [-0.3, -0.25) is 10.3 Å². The van der Waals surface area contributed by atoms with Gasteiger partial charge in [-0.25, -0.2) is 0 Å². The van der Waals surface area contributed by atoms with Crippen LogP contribution in [0.4, 0.5) is 11.4 Å². The number of pyridine rings is 1. The molecule has 4 nitrogen and oxygen atoms in total. The van der Waals surface area contributed by atoms with Crippen molar-refractivity contribution in [3.05, 3.63) is 113 Å². The van der Waals surface area contributed by atoms with E-state index >= 15 is 0 Å². The topological polar surface area (TPSA) is 40.2 Å². The molecular formula is C26H24N4S. The first-order valence-electron chi connectivity index (χ1n) is 10.7. The van der Waals surface area contributed by atoms with Crippen LogP contribution >= 0.6 is 11.8 Å². The molecule has 3 aliphatic rings. The Balaban J connectivity index is 1.44. The molecule has 1 saturated heterocycles. The molecule has 1 spiro atoms. The first-order valence-corrected chi connectivity index (χ1v) is 11.6. The fourth-order valence-electron chi connectivity index (χ4n) is 5.08. The van der Waals surface area contributed by atoms with Gasteiger partial charge in [-0.15, -0.1) is 11.8 Å². The molecule has 3 heterocycles. The molecule has 3 atom stereocenters. The van der Waals surface area contributed by atoms with Crippen LogP contribution < -0.4 is 15.5 Å².